The van der Waals surface area contributed by atoms with Crippen LogP contribution in [0.3, 0.4) is 0 Å². The molecule has 0 amide bonds. The van der Waals surface area contributed by atoms with E-state index < -0.39 is 0 Å². The lowest BCUT2D eigenvalue weighted by Crippen LogP contribution is -2.45. The van der Waals surface area contributed by atoms with Crippen LogP contribution < -0.4 is 5.32 Å². The van der Waals surface area contributed by atoms with Gasteiger partial charge in [-0.25, -0.2) is 0 Å². The van der Waals surface area contributed by atoms with Crippen LogP contribution in [0.15, 0.2) is 24.3 Å². The molecule has 1 aliphatic rings. The number of benzene rings is 1. The first-order valence-electron chi connectivity index (χ1n) is 5.60. The second kappa shape index (κ2) is 4.33. The monoisotopic (exact) mass is 205 g/mol. The van der Waals surface area contributed by atoms with Gasteiger partial charge >= 0.3 is 0 Å². The van der Waals surface area contributed by atoms with E-state index in [1.54, 1.807) is 0 Å². The second-order valence-electron chi connectivity index (χ2n) is 4.29. The lowest BCUT2D eigenvalue weighted by molar-refractivity contribution is -0.0337. The van der Waals surface area contributed by atoms with Crippen LogP contribution in [0.2, 0.25) is 0 Å². The van der Waals surface area contributed by atoms with Crippen molar-refractivity contribution in [1.82, 2.24) is 5.32 Å². The summed E-state index contributed by atoms with van der Waals surface area (Å²) < 4.78 is 5.78. The van der Waals surface area contributed by atoms with Crippen LogP contribution in [0.1, 0.15) is 24.0 Å². The molecule has 0 radical (unpaired) electrons. The van der Waals surface area contributed by atoms with Gasteiger partial charge < -0.3 is 10.1 Å². The Kier molecular flexibility index (Phi) is 3.08. The quantitative estimate of drug-likeness (QED) is 0.799. The van der Waals surface area contributed by atoms with E-state index in [1.165, 1.54) is 17.5 Å². The maximum atomic E-state index is 5.78. The summed E-state index contributed by atoms with van der Waals surface area (Å²) in [4.78, 5) is 0. The highest BCUT2D eigenvalue weighted by Gasteiger charge is 2.34. The fourth-order valence-corrected chi connectivity index (χ4v) is 2.48. The fourth-order valence-electron chi connectivity index (χ4n) is 2.48. The standard InChI is InChI=1S/C13H19NO/c1-11-6-3-4-7-12(11)13(15-2)8-5-9-14-10-13/h3-4,6-7,14H,5,8-10H2,1-2H3. The summed E-state index contributed by atoms with van der Waals surface area (Å²) in [6.07, 6.45) is 2.30. The van der Waals surface area contributed by atoms with Gasteiger partial charge in [-0.2, -0.15) is 0 Å². The third-order valence-electron chi connectivity index (χ3n) is 3.37. The lowest BCUT2D eigenvalue weighted by atomic mass is 9.84. The lowest BCUT2D eigenvalue weighted by Gasteiger charge is -2.37. The molecule has 1 heterocycles. The SMILES string of the molecule is COC1(c2ccccc2C)CCCNC1. The largest absolute Gasteiger partial charge is 0.372 e. The van der Waals surface area contributed by atoms with Crippen LogP contribution in [0.25, 0.3) is 0 Å². The van der Waals surface area contributed by atoms with E-state index in [0.29, 0.717) is 0 Å². The molecule has 1 aliphatic heterocycles. The van der Waals surface area contributed by atoms with Crippen molar-refractivity contribution in [1.29, 1.82) is 0 Å². The number of nitrogens with one attached hydrogen (secondary N) is 1. The summed E-state index contributed by atoms with van der Waals surface area (Å²) in [5.41, 5.74) is 2.55. The zero-order valence-electron chi connectivity index (χ0n) is 9.55. The van der Waals surface area contributed by atoms with Gasteiger partial charge in [0.05, 0.1) is 0 Å². The Labute approximate surface area is 91.6 Å². The van der Waals surface area contributed by atoms with Crippen molar-refractivity contribution in [3.05, 3.63) is 35.4 Å². The molecule has 1 N–H and O–H groups in total. The maximum absolute atomic E-state index is 5.78. The molecule has 1 aromatic carbocycles. The van der Waals surface area contributed by atoms with Gasteiger partial charge in [-0.1, -0.05) is 24.3 Å². The Morgan fingerprint density at radius 3 is 2.73 bits per heavy atom. The predicted molar refractivity (Wildman–Crippen MR) is 62.0 cm³/mol. The van der Waals surface area contributed by atoms with Crippen LogP contribution >= 0.6 is 0 Å². The minimum absolute atomic E-state index is 0.108. The topological polar surface area (TPSA) is 21.3 Å². The molecule has 1 unspecified atom stereocenters. The van der Waals surface area contributed by atoms with Gasteiger partial charge in [-0.15, -0.1) is 0 Å². The van der Waals surface area contributed by atoms with Crippen LogP contribution in [0.4, 0.5) is 0 Å². The first kappa shape index (κ1) is 10.7. The average Bonchev–Trinajstić information content (AvgIpc) is 2.30. The first-order chi connectivity index (χ1) is 7.28. The Morgan fingerprint density at radius 1 is 1.33 bits per heavy atom. The summed E-state index contributed by atoms with van der Waals surface area (Å²) in [7, 11) is 1.82. The molecule has 0 aliphatic carbocycles. The summed E-state index contributed by atoms with van der Waals surface area (Å²) >= 11 is 0. The third-order valence-corrected chi connectivity index (χ3v) is 3.37. The smallest absolute Gasteiger partial charge is 0.105 e. The molecular formula is C13H19NO. The summed E-state index contributed by atoms with van der Waals surface area (Å²) in [6.45, 7) is 4.19. The Hall–Kier alpha value is -0.860. The Balaban J connectivity index is 2.36. The molecule has 2 nitrogen and oxygen atoms in total. The van der Waals surface area contributed by atoms with Crippen molar-refractivity contribution in [3.8, 4) is 0 Å². The molecule has 0 spiro atoms. The summed E-state index contributed by atoms with van der Waals surface area (Å²) in [5.74, 6) is 0. The summed E-state index contributed by atoms with van der Waals surface area (Å²) in [6, 6.07) is 8.52. The normalized spacial score (nSPS) is 26.5. The van der Waals surface area contributed by atoms with Crippen molar-refractivity contribution in [2.45, 2.75) is 25.4 Å². The molecule has 1 aromatic rings. The number of piperidine rings is 1. The van der Waals surface area contributed by atoms with Gasteiger partial charge in [0.25, 0.3) is 0 Å². The van der Waals surface area contributed by atoms with Crippen LogP contribution in [-0.2, 0) is 10.3 Å². The van der Waals surface area contributed by atoms with Gasteiger partial charge in [0.1, 0.15) is 5.60 Å². The van der Waals surface area contributed by atoms with Crippen molar-refractivity contribution < 1.29 is 4.74 Å². The first-order valence-corrected chi connectivity index (χ1v) is 5.60. The van der Waals surface area contributed by atoms with Crippen molar-refractivity contribution in [3.63, 3.8) is 0 Å². The van der Waals surface area contributed by atoms with Crippen molar-refractivity contribution in [2.75, 3.05) is 20.2 Å². The molecule has 2 heteroatoms. The van der Waals surface area contributed by atoms with E-state index >= 15 is 0 Å². The highest BCUT2D eigenvalue weighted by atomic mass is 16.5. The number of ether oxygens (including phenoxy) is 1. The van der Waals surface area contributed by atoms with E-state index in [9.17, 15) is 0 Å². The number of methoxy groups -OCH3 is 1. The van der Waals surface area contributed by atoms with Gasteiger partial charge in [0, 0.05) is 13.7 Å². The molecule has 1 saturated heterocycles. The minimum atomic E-state index is -0.108. The maximum Gasteiger partial charge on any atom is 0.105 e. The van der Waals surface area contributed by atoms with E-state index in [4.69, 9.17) is 4.74 Å². The number of rotatable bonds is 2. The van der Waals surface area contributed by atoms with Crippen LogP contribution in [-0.4, -0.2) is 20.2 Å². The Morgan fingerprint density at radius 2 is 2.13 bits per heavy atom. The zero-order chi connectivity index (χ0) is 10.7. The molecule has 2 rings (SSSR count). The molecule has 82 valence electrons. The van der Waals surface area contributed by atoms with E-state index in [-0.39, 0.29) is 5.60 Å². The van der Waals surface area contributed by atoms with Crippen LogP contribution in [0.5, 0.6) is 0 Å². The van der Waals surface area contributed by atoms with Gasteiger partial charge in [-0.3, -0.25) is 0 Å². The molecule has 1 fully saturated rings. The van der Waals surface area contributed by atoms with E-state index in [0.717, 1.165) is 19.5 Å². The number of hydrogen-bond donors (Lipinski definition) is 1. The second-order valence-corrected chi connectivity index (χ2v) is 4.29. The van der Waals surface area contributed by atoms with E-state index in [2.05, 4.69) is 36.5 Å². The van der Waals surface area contributed by atoms with Gasteiger partial charge in [-0.05, 0) is 37.4 Å². The predicted octanol–water partition coefficient (Wildman–Crippen LogP) is 2.22. The molecule has 0 aromatic heterocycles. The molecule has 15 heavy (non-hydrogen) atoms. The zero-order valence-corrected chi connectivity index (χ0v) is 9.55. The molecule has 0 saturated carbocycles. The van der Waals surface area contributed by atoms with Gasteiger partial charge in [0.15, 0.2) is 0 Å². The average molecular weight is 205 g/mol. The van der Waals surface area contributed by atoms with Gasteiger partial charge in [0.2, 0.25) is 0 Å². The number of aryl methyl sites for hydroxylation is 1. The number of hydrogen-bond acceptors (Lipinski definition) is 2. The molecule has 1 atom stereocenters. The molecular weight excluding hydrogens is 186 g/mol. The minimum Gasteiger partial charge on any atom is -0.372 e. The third kappa shape index (κ3) is 1.92. The van der Waals surface area contributed by atoms with E-state index in [1.807, 2.05) is 7.11 Å². The van der Waals surface area contributed by atoms with Crippen molar-refractivity contribution in [2.24, 2.45) is 0 Å². The van der Waals surface area contributed by atoms with Crippen molar-refractivity contribution >= 4 is 0 Å². The Bertz CT molecular complexity index is 329. The fraction of sp³-hybridized carbons (Fsp3) is 0.538. The highest BCUT2D eigenvalue weighted by molar-refractivity contribution is 5.32. The molecule has 0 bridgehead atoms. The summed E-state index contributed by atoms with van der Waals surface area (Å²) in [5, 5.41) is 3.43. The van der Waals surface area contributed by atoms with Crippen LogP contribution in [0, 0.1) is 6.92 Å². The highest BCUT2D eigenvalue weighted by Crippen LogP contribution is 2.33.